The Morgan fingerprint density at radius 2 is 1.93 bits per heavy atom. The summed E-state index contributed by atoms with van der Waals surface area (Å²) in [6.07, 6.45) is 5.65. The number of nitrogen functional groups attached to an aromatic ring is 1. The molecule has 4 heteroatoms. The molecule has 0 saturated heterocycles. The molecular formula is C11H16N4. The van der Waals surface area contributed by atoms with Gasteiger partial charge in [0.2, 0.25) is 5.95 Å². The number of fused-ring (bicyclic) bond motifs is 1. The van der Waals surface area contributed by atoms with Crippen molar-refractivity contribution in [1.29, 1.82) is 0 Å². The zero-order valence-corrected chi connectivity index (χ0v) is 8.74. The Balaban J connectivity index is 2.15. The first kappa shape index (κ1) is 9.09. The van der Waals surface area contributed by atoms with E-state index in [0.717, 1.165) is 30.7 Å². The molecule has 3 rings (SSSR count). The van der Waals surface area contributed by atoms with Gasteiger partial charge in [0.1, 0.15) is 0 Å². The van der Waals surface area contributed by atoms with Crippen LogP contribution in [-0.4, -0.2) is 9.97 Å². The van der Waals surface area contributed by atoms with E-state index < -0.39 is 0 Å². The Labute approximate surface area is 89.1 Å². The second-order valence-corrected chi connectivity index (χ2v) is 4.60. The quantitative estimate of drug-likeness (QED) is 0.722. The smallest absolute Gasteiger partial charge is 0.220 e. The first-order valence-corrected chi connectivity index (χ1v) is 5.67. The summed E-state index contributed by atoms with van der Waals surface area (Å²) in [5.74, 6) is 1.03. The van der Waals surface area contributed by atoms with Crippen LogP contribution in [0, 0.1) is 0 Å². The average Bonchev–Trinajstić information content (AvgIpc) is 2.99. The lowest BCUT2D eigenvalue weighted by molar-refractivity contribution is 0.550. The van der Waals surface area contributed by atoms with E-state index in [0.29, 0.717) is 11.9 Å². The third-order valence-electron chi connectivity index (χ3n) is 3.33. The molecule has 0 amide bonds. The van der Waals surface area contributed by atoms with Crippen molar-refractivity contribution in [2.24, 2.45) is 5.73 Å². The monoisotopic (exact) mass is 204 g/mol. The zero-order valence-electron chi connectivity index (χ0n) is 8.74. The van der Waals surface area contributed by atoms with E-state index in [1.165, 1.54) is 18.4 Å². The summed E-state index contributed by atoms with van der Waals surface area (Å²) in [4.78, 5) is 8.71. The highest BCUT2D eigenvalue weighted by Crippen LogP contribution is 2.44. The minimum Gasteiger partial charge on any atom is -0.368 e. The Bertz CT molecular complexity index is 398. The van der Waals surface area contributed by atoms with Crippen LogP contribution < -0.4 is 11.5 Å². The van der Waals surface area contributed by atoms with Crippen LogP contribution in [0.1, 0.15) is 54.6 Å². The Hall–Kier alpha value is -1.16. The fourth-order valence-corrected chi connectivity index (χ4v) is 2.45. The van der Waals surface area contributed by atoms with E-state index in [1.807, 2.05) is 0 Å². The van der Waals surface area contributed by atoms with Crippen LogP contribution >= 0.6 is 0 Å². The SMILES string of the molecule is Nc1nc2c(c(C3CC3)n1)C(N)CCC2. The number of aromatic nitrogens is 2. The summed E-state index contributed by atoms with van der Waals surface area (Å²) in [6.45, 7) is 0. The van der Waals surface area contributed by atoms with Crippen LogP contribution in [0.15, 0.2) is 0 Å². The van der Waals surface area contributed by atoms with Crippen LogP contribution in [0.4, 0.5) is 5.95 Å². The van der Waals surface area contributed by atoms with Crippen molar-refractivity contribution in [2.45, 2.75) is 44.1 Å². The summed E-state index contributed by atoms with van der Waals surface area (Å²) in [6, 6.07) is 0.130. The Kier molecular flexibility index (Phi) is 1.92. The second-order valence-electron chi connectivity index (χ2n) is 4.60. The van der Waals surface area contributed by atoms with E-state index in [4.69, 9.17) is 11.5 Å². The van der Waals surface area contributed by atoms with Gasteiger partial charge in [-0.15, -0.1) is 0 Å². The molecule has 1 aromatic rings. The van der Waals surface area contributed by atoms with E-state index in [2.05, 4.69) is 9.97 Å². The van der Waals surface area contributed by atoms with Gasteiger partial charge in [-0.25, -0.2) is 9.97 Å². The van der Waals surface area contributed by atoms with Gasteiger partial charge in [-0.3, -0.25) is 0 Å². The summed E-state index contributed by atoms with van der Waals surface area (Å²) < 4.78 is 0. The first-order valence-electron chi connectivity index (χ1n) is 5.67. The topological polar surface area (TPSA) is 77.8 Å². The number of hydrogen-bond donors (Lipinski definition) is 2. The van der Waals surface area contributed by atoms with Crippen LogP contribution in [-0.2, 0) is 6.42 Å². The van der Waals surface area contributed by atoms with Gasteiger partial charge in [0.15, 0.2) is 0 Å². The molecule has 1 saturated carbocycles. The number of anilines is 1. The highest BCUT2D eigenvalue weighted by molar-refractivity contribution is 5.39. The molecule has 0 spiro atoms. The molecule has 15 heavy (non-hydrogen) atoms. The van der Waals surface area contributed by atoms with Crippen molar-refractivity contribution in [3.63, 3.8) is 0 Å². The number of aryl methyl sites for hydroxylation is 1. The van der Waals surface area contributed by atoms with Gasteiger partial charge in [-0.2, -0.15) is 0 Å². The standard InChI is InChI=1S/C11H16N4/c12-7-2-1-3-8-9(7)10(6-4-5-6)15-11(13)14-8/h6-7H,1-5,12H2,(H2,13,14,15). The maximum atomic E-state index is 6.14. The normalized spacial score (nSPS) is 25.0. The predicted octanol–water partition coefficient (Wildman–Crippen LogP) is 1.27. The molecule has 2 aliphatic rings. The Morgan fingerprint density at radius 1 is 1.13 bits per heavy atom. The van der Waals surface area contributed by atoms with Gasteiger partial charge in [0, 0.05) is 17.5 Å². The van der Waals surface area contributed by atoms with Crippen molar-refractivity contribution >= 4 is 5.95 Å². The molecule has 4 N–H and O–H groups in total. The highest BCUT2D eigenvalue weighted by atomic mass is 15.0. The van der Waals surface area contributed by atoms with Crippen molar-refractivity contribution in [3.8, 4) is 0 Å². The van der Waals surface area contributed by atoms with Gasteiger partial charge in [-0.1, -0.05) is 0 Å². The van der Waals surface area contributed by atoms with E-state index in [1.54, 1.807) is 0 Å². The molecule has 0 radical (unpaired) electrons. The molecule has 1 fully saturated rings. The van der Waals surface area contributed by atoms with Gasteiger partial charge in [-0.05, 0) is 32.1 Å². The predicted molar refractivity (Wildman–Crippen MR) is 58.3 cm³/mol. The average molecular weight is 204 g/mol. The van der Waals surface area contributed by atoms with Crippen molar-refractivity contribution in [1.82, 2.24) is 9.97 Å². The zero-order chi connectivity index (χ0) is 10.4. The molecule has 0 bridgehead atoms. The fraction of sp³-hybridized carbons (Fsp3) is 0.636. The van der Waals surface area contributed by atoms with Crippen LogP contribution in [0.3, 0.4) is 0 Å². The molecule has 0 aromatic carbocycles. The van der Waals surface area contributed by atoms with Crippen LogP contribution in [0.2, 0.25) is 0 Å². The summed E-state index contributed by atoms with van der Waals surface area (Å²) in [7, 11) is 0. The largest absolute Gasteiger partial charge is 0.368 e. The minimum atomic E-state index is 0.130. The fourth-order valence-electron chi connectivity index (χ4n) is 2.45. The number of rotatable bonds is 1. The summed E-state index contributed by atoms with van der Waals surface area (Å²) in [5.41, 5.74) is 15.3. The van der Waals surface area contributed by atoms with Crippen molar-refractivity contribution in [3.05, 3.63) is 17.0 Å². The summed E-state index contributed by atoms with van der Waals surface area (Å²) in [5, 5.41) is 0. The molecule has 1 atom stereocenters. The van der Waals surface area contributed by atoms with Crippen molar-refractivity contribution < 1.29 is 0 Å². The molecule has 0 aliphatic heterocycles. The second kappa shape index (κ2) is 3.17. The molecule has 2 aliphatic carbocycles. The van der Waals surface area contributed by atoms with E-state index >= 15 is 0 Å². The molecule has 80 valence electrons. The Morgan fingerprint density at radius 3 is 2.67 bits per heavy atom. The van der Waals surface area contributed by atoms with Gasteiger partial charge in [0.05, 0.1) is 11.4 Å². The van der Waals surface area contributed by atoms with Gasteiger partial charge in [0.25, 0.3) is 0 Å². The number of hydrogen-bond acceptors (Lipinski definition) is 4. The number of nitrogens with two attached hydrogens (primary N) is 2. The third-order valence-corrected chi connectivity index (χ3v) is 3.33. The first-order chi connectivity index (χ1) is 7.25. The lowest BCUT2D eigenvalue weighted by atomic mass is 9.89. The van der Waals surface area contributed by atoms with Gasteiger partial charge >= 0.3 is 0 Å². The lowest BCUT2D eigenvalue weighted by Crippen LogP contribution is -2.22. The molecule has 1 heterocycles. The minimum absolute atomic E-state index is 0.130. The molecule has 4 nitrogen and oxygen atoms in total. The van der Waals surface area contributed by atoms with E-state index in [9.17, 15) is 0 Å². The lowest BCUT2D eigenvalue weighted by Gasteiger charge is -2.23. The summed E-state index contributed by atoms with van der Waals surface area (Å²) >= 11 is 0. The number of nitrogens with zero attached hydrogens (tertiary/aromatic N) is 2. The highest BCUT2D eigenvalue weighted by Gasteiger charge is 2.32. The molecule has 1 unspecified atom stereocenters. The van der Waals surface area contributed by atoms with Crippen LogP contribution in [0.25, 0.3) is 0 Å². The third kappa shape index (κ3) is 1.49. The van der Waals surface area contributed by atoms with E-state index in [-0.39, 0.29) is 6.04 Å². The maximum Gasteiger partial charge on any atom is 0.220 e. The van der Waals surface area contributed by atoms with Crippen molar-refractivity contribution in [2.75, 3.05) is 5.73 Å². The molecular weight excluding hydrogens is 188 g/mol. The van der Waals surface area contributed by atoms with Crippen LogP contribution in [0.5, 0.6) is 0 Å². The van der Waals surface area contributed by atoms with Gasteiger partial charge < -0.3 is 11.5 Å². The molecule has 1 aromatic heterocycles. The maximum absolute atomic E-state index is 6.14.